The van der Waals surface area contributed by atoms with E-state index in [1.54, 1.807) is 4.90 Å². The van der Waals surface area contributed by atoms with Crippen LogP contribution in [0.15, 0.2) is 24.3 Å². The number of carbonyl (C=O) groups is 3. The number of halogens is 1. The Bertz CT molecular complexity index is 933. The van der Waals surface area contributed by atoms with Crippen LogP contribution >= 0.6 is 0 Å². The van der Waals surface area contributed by atoms with Gasteiger partial charge in [0.2, 0.25) is 11.8 Å². The summed E-state index contributed by atoms with van der Waals surface area (Å²) in [6, 6.07) is 4.55. The molecule has 0 aromatic heterocycles. The van der Waals surface area contributed by atoms with Crippen LogP contribution in [0.5, 0.6) is 0 Å². The highest BCUT2D eigenvalue weighted by atomic mass is 19.1. The summed E-state index contributed by atoms with van der Waals surface area (Å²) in [5.74, 6) is 0.492. The number of amides is 3. The quantitative estimate of drug-likeness (QED) is 0.544. The van der Waals surface area contributed by atoms with Crippen LogP contribution in [0.3, 0.4) is 0 Å². The Hall–Kier alpha value is -2.48. The van der Waals surface area contributed by atoms with E-state index in [4.69, 9.17) is 5.73 Å². The van der Waals surface area contributed by atoms with Gasteiger partial charge in [0.1, 0.15) is 11.9 Å². The fraction of sp³-hybridized carbons (Fsp3) is 0.679. The van der Waals surface area contributed by atoms with E-state index in [2.05, 4.69) is 19.2 Å². The minimum atomic E-state index is -0.664. The lowest BCUT2D eigenvalue weighted by Gasteiger charge is -2.31. The van der Waals surface area contributed by atoms with Crippen molar-refractivity contribution >= 4 is 17.7 Å². The molecule has 0 bridgehead atoms. The van der Waals surface area contributed by atoms with Crippen molar-refractivity contribution in [2.24, 2.45) is 29.4 Å². The monoisotopic (exact) mass is 500 g/mol. The standard InChI is InChI=1S/C28H41FN4O3/c1-18(2)16-32(27(35)21-6-7-21)24-13-25(26(34)31-15-20-5-3-4-19(12-20)14-30)33(17-24)28(36)22-8-10-23(29)11-9-22/h8-11,18-21,24-25H,3-7,12-17,30H2,1-2H3,(H,31,34). The zero-order chi connectivity index (χ0) is 25.8. The van der Waals surface area contributed by atoms with Crippen LogP contribution in [-0.4, -0.2) is 65.8 Å². The van der Waals surface area contributed by atoms with E-state index in [0.717, 1.165) is 38.5 Å². The molecule has 4 atom stereocenters. The molecule has 1 heterocycles. The summed E-state index contributed by atoms with van der Waals surface area (Å²) < 4.78 is 13.5. The molecule has 36 heavy (non-hydrogen) atoms. The summed E-state index contributed by atoms with van der Waals surface area (Å²) in [4.78, 5) is 43.6. The van der Waals surface area contributed by atoms with Gasteiger partial charge in [0.05, 0.1) is 6.04 Å². The topological polar surface area (TPSA) is 95.7 Å². The zero-order valence-corrected chi connectivity index (χ0v) is 21.6. The molecule has 0 radical (unpaired) electrons. The number of hydrogen-bond acceptors (Lipinski definition) is 4. The first-order valence-corrected chi connectivity index (χ1v) is 13.6. The molecule has 7 nitrogen and oxygen atoms in total. The third kappa shape index (κ3) is 6.44. The van der Waals surface area contributed by atoms with Gasteiger partial charge in [-0.3, -0.25) is 14.4 Å². The molecule has 2 saturated carbocycles. The smallest absolute Gasteiger partial charge is 0.254 e. The van der Waals surface area contributed by atoms with E-state index in [-0.39, 0.29) is 35.6 Å². The van der Waals surface area contributed by atoms with Gasteiger partial charge in [0.15, 0.2) is 0 Å². The number of nitrogens with zero attached hydrogens (tertiary/aromatic N) is 2. The molecule has 1 aromatic carbocycles. The molecule has 4 unspecified atom stereocenters. The van der Waals surface area contributed by atoms with Gasteiger partial charge in [-0.2, -0.15) is 0 Å². The fourth-order valence-electron chi connectivity index (χ4n) is 5.81. The molecule has 1 aliphatic heterocycles. The lowest BCUT2D eigenvalue weighted by molar-refractivity contribution is -0.135. The first-order chi connectivity index (χ1) is 17.3. The van der Waals surface area contributed by atoms with Crippen LogP contribution in [-0.2, 0) is 9.59 Å². The van der Waals surface area contributed by atoms with Crippen molar-refractivity contribution in [2.45, 2.75) is 70.9 Å². The van der Waals surface area contributed by atoms with E-state index >= 15 is 0 Å². The number of rotatable bonds is 9. The van der Waals surface area contributed by atoms with Crippen molar-refractivity contribution in [1.29, 1.82) is 0 Å². The van der Waals surface area contributed by atoms with Crippen LogP contribution < -0.4 is 11.1 Å². The van der Waals surface area contributed by atoms with Gasteiger partial charge in [-0.1, -0.05) is 20.3 Å². The molecule has 3 N–H and O–H groups in total. The van der Waals surface area contributed by atoms with E-state index in [0.29, 0.717) is 50.0 Å². The Balaban J connectivity index is 1.50. The lowest BCUT2D eigenvalue weighted by atomic mass is 9.81. The first-order valence-electron chi connectivity index (χ1n) is 13.6. The highest BCUT2D eigenvalue weighted by Gasteiger charge is 2.45. The van der Waals surface area contributed by atoms with Crippen LogP contribution in [0.4, 0.5) is 4.39 Å². The molecule has 3 fully saturated rings. The summed E-state index contributed by atoms with van der Waals surface area (Å²) in [6.45, 7) is 6.31. The van der Waals surface area contributed by atoms with Crippen molar-refractivity contribution in [3.8, 4) is 0 Å². The number of nitrogens with one attached hydrogen (secondary N) is 1. The van der Waals surface area contributed by atoms with Crippen molar-refractivity contribution in [3.63, 3.8) is 0 Å². The molecule has 0 spiro atoms. The molecular weight excluding hydrogens is 459 g/mol. The SMILES string of the molecule is CC(C)CN(C(=O)C1CC1)C1CC(C(=O)NCC2CCCC(CN)C2)N(C(=O)c2ccc(F)cc2)C1. The van der Waals surface area contributed by atoms with Crippen molar-refractivity contribution < 1.29 is 18.8 Å². The summed E-state index contributed by atoms with van der Waals surface area (Å²) in [5, 5.41) is 3.11. The summed E-state index contributed by atoms with van der Waals surface area (Å²) in [7, 11) is 0. The average molecular weight is 501 g/mol. The van der Waals surface area contributed by atoms with Gasteiger partial charge in [-0.25, -0.2) is 4.39 Å². The number of hydrogen-bond donors (Lipinski definition) is 2. The minimum Gasteiger partial charge on any atom is -0.354 e. The molecule has 1 aromatic rings. The number of likely N-dealkylation sites (tertiary alicyclic amines) is 1. The zero-order valence-electron chi connectivity index (χ0n) is 21.6. The average Bonchev–Trinajstić information content (AvgIpc) is 3.63. The van der Waals surface area contributed by atoms with E-state index in [9.17, 15) is 18.8 Å². The molecule has 3 amide bonds. The normalized spacial score (nSPS) is 26.2. The van der Waals surface area contributed by atoms with E-state index in [1.165, 1.54) is 24.3 Å². The van der Waals surface area contributed by atoms with Gasteiger partial charge in [-0.15, -0.1) is 0 Å². The van der Waals surface area contributed by atoms with Gasteiger partial charge in [0.25, 0.3) is 5.91 Å². The number of benzene rings is 1. The first kappa shape index (κ1) is 26.6. The summed E-state index contributed by atoms with van der Waals surface area (Å²) >= 11 is 0. The third-order valence-electron chi connectivity index (χ3n) is 7.94. The second-order valence-electron chi connectivity index (χ2n) is 11.4. The van der Waals surface area contributed by atoms with E-state index in [1.807, 2.05) is 4.90 Å². The maximum Gasteiger partial charge on any atom is 0.254 e. The highest BCUT2D eigenvalue weighted by molar-refractivity contribution is 5.98. The van der Waals surface area contributed by atoms with Gasteiger partial charge in [-0.05, 0) is 87.1 Å². The molecule has 4 rings (SSSR count). The second kappa shape index (κ2) is 11.7. The molecule has 198 valence electrons. The van der Waals surface area contributed by atoms with Crippen LogP contribution in [0.1, 0.15) is 69.2 Å². The highest BCUT2D eigenvalue weighted by Crippen LogP contribution is 2.34. The van der Waals surface area contributed by atoms with Crippen LogP contribution in [0, 0.1) is 29.5 Å². The predicted molar refractivity (Wildman–Crippen MR) is 136 cm³/mol. The lowest BCUT2D eigenvalue weighted by Crippen LogP contribution is -2.47. The second-order valence-corrected chi connectivity index (χ2v) is 11.4. The Kier molecular flexibility index (Phi) is 8.65. The van der Waals surface area contributed by atoms with Crippen molar-refractivity contribution in [3.05, 3.63) is 35.6 Å². The summed E-state index contributed by atoms with van der Waals surface area (Å²) in [6.07, 6.45) is 6.59. The molecular formula is C28H41FN4O3. The van der Waals surface area contributed by atoms with Crippen molar-refractivity contribution in [2.75, 3.05) is 26.2 Å². The van der Waals surface area contributed by atoms with Crippen LogP contribution in [0.2, 0.25) is 0 Å². The van der Waals surface area contributed by atoms with E-state index < -0.39 is 11.9 Å². The van der Waals surface area contributed by atoms with Gasteiger partial charge >= 0.3 is 0 Å². The largest absolute Gasteiger partial charge is 0.354 e. The Morgan fingerprint density at radius 3 is 2.42 bits per heavy atom. The maximum absolute atomic E-state index is 13.5. The van der Waals surface area contributed by atoms with Gasteiger partial charge in [0, 0.05) is 31.1 Å². The Morgan fingerprint density at radius 2 is 1.78 bits per heavy atom. The summed E-state index contributed by atoms with van der Waals surface area (Å²) in [5.41, 5.74) is 6.22. The minimum absolute atomic E-state index is 0.0691. The molecule has 2 aliphatic carbocycles. The number of nitrogens with two attached hydrogens (primary N) is 1. The fourth-order valence-corrected chi connectivity index (χ4v) is 5.81. The molecule has 8 heteroatoms. The molecule has 1 saturated heterocycles. The third-order valence-corrected chi connectivity index (χ3v) is 7.94. The van der Waals surface area contributed by atoms with Crippen molar-refractivity contribution in [1.82, 2.24) is 15.1 Å². The Morgan fingerprint density at radius 1 is 1.08 bits per heavy atom. The van der Waals surface area contributed by atoms with Crippen LogP contribution in [0.25, 0.3) is 0 Å². The molecule has 3 aliphatic rings. The number of carbonyl (C=O) groups excluding carboxylic acids is 3. The maximum atomic E-state index is 13.5. The van der Waals surface area contributed by atoms with Gasteiger partial charge < -0.3 is 20.9 Å². The predicted octanol–water partition coefficient (Wildman–Crippen LogP) is 3.18. The Labute approximate surface area is 214 Å².